The van der Waals surface area contributed by atoms with Crippen LogP contribution in [0.5, 0.6) is 5.75 Å². The molecule has 0 amide bonds. The number of ether oxygens (including phenoxy) is 2. The zero-order chi connectivity index (χ0) is 15.0. The second-order valence-electron chi connectivity index (χ2n) is 5.49. The molecule has 2 N–H and O–H groups in total. The molecule has 114 valence electrons. The maximum absolute atomic E-state index is 9.80. The maximum Gasteiger partial charge on any atom is 0.123 e. The van der Waals surface area contributed by atoms with Crippen LogP contribution in [0.1, 0.15) is 33.3 Å². The highest BCUT2D eigenvalue weighted by Crippen LogP contribution is 2.18. The normalized spacial score (nSPS) is 12.9. The third kappa shape index (κ3) is 6.89. The van der Waals surface area contributed by atoms with Crippen molar-refractivity contribution >= 4 is 0 Å². The van der Waals surface area contributed by atoms with E-state index in [-0.39, 0.29) is 12.7 Å². The topological polar surface area (TPSA) is 50.7 Å². The van der Waals surface area contributed by atoms with Gasteiger partial charge in [0.15, 0.2) is 0 Å². The van der Waals surface area contributed by atoms with Crippen LogP contribution in [-0.2, 0) is 11.3 Å². The van der Waals surface area contributed by atoms with Crippen molar-refractivity contribution in [3.05, 3.63) is 29.8 Å². The molecule has 4 nitrogen and oxygen atoms in total. The van der Waals surface area contributed by atoms with Crippen molar-refractivity contribution in [3.8, 4) is 5.75 Å². The summed E-state index contributed by atoms with van der Waals surface area (Å²) in [7, 11) is 0. The summed E-state index contributed by atoms with van der Waals surface area (Å²) in [6, 6.07) is 8.30. The summed E-state index contributed by atoms with van der Waals surface area (Å²) in [5.74, 6) is 0.809. The van der Waals surface area contributed by atoms with E-state index < -0.39 is 6.10 Å². The van der Waals surface area contributed by atoms with E-state index >= 15 is 0 Å². The molecule has 1 aromatic rings. The van der Waals surface area contributed by atoms with Crippen molar-refractivity contribution in [2.45, 2.75) is 52.5 Å². The molecule has 0 aliphatic rings. The molecular formula is C16H27NO3. The van der Waals surface area contributed by atoms with Crippen LogP contribution in [0.4, 0.5) is 0 Å². The van der Waals surface area contributed by atoms with E-state index in [9.17, 15) is 5.11 Å². The number of benzene rings is 1. The van der Waals surface area contributed by atoms with Crippen LogP contribution >= 0.6 is 0 Å². The van der Waals surface area contributed by atoms with Crippen LogP contribution in [0.25, 0.3) is 0 Å². The van der Waals surface area contributed by atoms with E-state index in [4.69, 9.17) is 9.47 Å². The summed E-state index contributed by atoms with van der Waals surface area (Å²) in [6.45, 7) is 9.40. The molecule has 1 atom stereocenters. The van der Waals surface area contributed by atoms with Crippen LogP contribution < -0.4 is 10.1 Å². The van der Waals surface area contributed by atoms with Gasteiger partial charge in [-0.05, 0) is 19.9 Å². The molecule has 0 bridgehead atoms. The molecule has 0 heterocycles. The van der Waals surface area contributed by atoms with E-state index in [1.807, 2.05) is 38.1 Å². The van der Waals surface area contributed by atoms with Gasteiger partial charge in [-0.3, -0.25) is 0 Å². The molecule has 0 fully saturated rings. The first-order valence-corrected chi connectivity index (χ1v) is 7.22. The van der Waals surface area contributed by atoms with E-state index in [1.54, 1.807) is 0 Å². The van der Waals surface area contributed by atoms with Gasteiger partial charge < -0.3 is 19.9 Å². The molecule has 0 saturated carbocycles. The molecule has 1 rings (SSSR count). The Hall–Kier alpha value is -1.10. The minimum Gasteiger partial charge on any atom is -0.490 e. The van der Waals surface area contributed by atoms with E-state index in [0.29, 0.717) is 12.6 Å². The highest BCUT2D eigenvalue weighted by Gasteiger charge is 2.09. The summed E-state index contributed by atoms with van der Waals surface area (Å²) >= 11 is 0. The molecule has 0 spiro atoms. The fourth-order valence-corrected chi connectivity index (χ4v) is 1.64. The SMILES string of the molecule is CC(C)NCc1ccccc1OCC(O)COC(C)C. The Balaban J connectivity index is 2.46. The lowest BCUT2D eigenvalue weighted by molar-refractivity contribution is -0.0124. The van der Waals surface area contributed by atoms with Crippen molar-refractivity contribution in [2.24, 2.45) is 0 Å². The smallest absolute Gasteiger partial charge is 0.123 e. The van der Waals surface area contributed by atoms with Gasteiger partial charge in [0.05, 0.1) is 12.7 Å². The summed E-state index contributed by atoms with van der Waals surface area (Å²) < 4.78 is 11.1. The predicted molar refractivity (Wildman–Crippen MR) is 81.0 cm³/mol. The Kier molecular flexibility index (Phi) is 7.59. The van der Waals surface area contributed by atoms with Gasteiger partial charge in [0.2, 0.25) is 0 Å². The monoisotopic (exact) mass is 281 g/mol. The van der Waals surface area contributed by atoms with Gasteiger partial charge in [0, 0.05) is 18.2 Å². The highest BCUT2D eigenvalue weighted by atomic mass is 16.5. The van der Waals surface area contributed by atoms with Crippen LogP contribution in [0.3, 0.4) is 0 Å². The number of aliphatic hydroxyl groups excluding tert-OH is 1. The average molecular weight is 281 g/mol. The van der Waals surface area contributed by atoms with Crippen LogP contribution in [0.2, 0.25) is 0 Å². The van der Waals surface area contributed by atoms with Gasteiger partial charge in [0.1, 0.15) is 18.5 Å². The quantitative estimate of drug-likeness (QED) is 0.729. The van der Waals surface area contributed by atoms with Gasteiger partial charge in [-0.25, -0.2) is 0 Å². The second kappa shape index (κ2) is 8.95. The first-order chi connectivity index (χ1) is 9.49. The van der Waals surface area contributed by atoms with Crippen molar-refractivity contribution in [3.63, 3.8) is 0 Å². The average Bonchev–Trinajstić information content (AvgIpc) is 2.41. The third-order valence-electron chi connectivity index (χ3n) is 2.73. The van der Waals surface area contributed by atoms with Crippen LogP contribution in [0, 0.1) is 0 Å². The number of hydrogen-bond donors (Lipinski definition) is 2. The number of nitrogens with one attached hydrogen (secondary N) is 1. The molecule has 1 aromatic carbocycles. The number of rotatable bonds is 9. The molecule has 4 heteroatoms. The van der Waals surface area contributed by atoms with E-state index in [2.05, 4.69) is 19.2 Å². The summed E-state index contributed by atoms with van der Waals surface area (Å²) in [5.41, 5.74) is 1.10. The fraction of sp³-hybridized carbons (Fsp3) is 0.625. The highest BCUT2D eigenvalue weighted by molar-refractivity contribution is 5.33. The summed E-state index contributed by atoms with van der Waals surface area (Å²) in [6.07, 6.45) is -0.490. The first-order valence-electron chi connectivity index (χ1n) is 7.22. The van der Waals surface area contributed by atoms with Crippen molar-refractivity contribution in [1.82, 2.24) is 5.32 Å². The lowest BCUT2D eigenvalue weighted by Gasteiger charge is -2.17. The van der Waals surface area contributed by atoms with Crippen LogP contribution in [-0.4, -0.2) is 36.6 Å². The van der Waals surface area contributed by atoms with Crippen molar-refractivity contribution < 1.29 is 14.6 Å². The molecule has 1 unspecified atom stereocenters. The van der Waals surface area contributed by atoms with Crippen molar-refractivity contribution in [2.75, 3.05) is 13.2 Å². The van der Waals surface area contributed by atoms with E-state index in [1.165, 1.54) is 0 Å². The lowest BCUT2D eigenvalue weighted by Crippen LogP contribution is -2.26. The molecule has 0 saturated heterocycles. The Morgan fingerprint density at radius 2 is 1.80 bits per heavy atom. The summed E-state index contributed by atoms with van der Waals surface area (Å²) in [4.78, 5) is 0. The standard InChI is InChI=1S/C16H27NO3/c1-12(2)17-9-14-7-5-6-8-16(14)20-11-15(18)10-19-13(3)4/h5-8,12-13,15,17-18H,9-11H2,1-4H3. The Labute approximate surface area is 122 Å². The first kappa shape index (κ1) is 17.0. The predicted octanol–water partition coefficient (Wildman–Crippen LogP) is 2.35. The minimum atomic E-state index is -0.608. The molecule has 0 aliphatic heterocycles. The third-order valence-corrected chi connectivity index (χ3v) is 2.73. The minimum absolute atomic E-state index is 0.118. The number of para-hydroxylation sites is 1. The molecule has 0 aliphatic carbocycles. The van der Waals surface area contributed by atoms with Crippen molar-refractivity contribution in [1.29, 1.82) is 0 Å². The molecule has 20 heavy (non-hydrogen) atoms. The van der Waals surface area contributed by atoms with Gasteiger partial charge in [-0.2, -0.15) is 0 Å². The van der Waals surface area contributed by atoms with Gasteiger partial charge in [0.25, 0.3) is 0 Å². The maximum atomic E-state index is 9.80. The van der Waals surface area contributed by atoms with E-state index in [0.717, 1.165) is 17.9 Å². The number of hydrogen-bond acceptors (Lipinski definition) is 4. The summed E-state index contributed by atoms with van der Waals surface area (Å²) in [5, 5.41) is 13.2. The largest absolute Gasteiger partial charge is 0.490 e. The zero-order valence-electron chi connectivity index (χ0n) is 12.9. The molecule has 0 aromatic heterocycles. The Morgan fingerprint density at radius 3 is 2.45 bits per heavy atom. The lowest BCUT2D eigenvalue weighted by atomic mass is 10.2. The van der Waals surface area contributed by atoms with Gasteiger partial charge in [-0.1, -0.05) is 32.0 Å². The molecular weight excluding hydrogens is 254 g/mol. The fourth-order valence-electron chi connectivity index (χ4n) is 1.64. The van der Waals surface area contributed by atoms with Crippen LogP contribution in [0.15, 0.2) is 24.3 Å². The molecule has 0 radical (unpaired) electrons. The van der Waals surface area contributed by atoms with Gasteiger partial charge >= 0.3 is 0 Å². The number of aliphatic hydroxyl groups is 1. The zero-order valence-corrected chi connectivity index (χ0v) is 12.9. The Bertz CT molecular complexity index is 380. The second-order valence-corrected chi connectivity index (χ2v) is 5.49. The van der Waals surface area contributed by atoms with Gasteiger partial charge in [-0.15, -0.1) is 0 Å². The Morgan fingerprint density at radius 1 is 1.10 bits per heavy atom.